The molecule has 1 atom stereocenters. The van der Waals surface area contributed by atoms with Crippen molar-refractivity contribution >= 4 is 17.6 Å². The lowest BCUT2D eigenvalue weighted by Crippen LogP contribution is -2.40. The Balaban J connectivity index is 1.96. The summed E-state index contributed by atoms with van der Waals surface area (Å²) in [6.07, 6.45) is 0.0479. The fraction of sp³-hybridized carbons (Fsp3) is 0.385. The van der Waals surface area contributed by atoms with Gasteiger partial charge in [0.05, 0.1) is 30.4 Å². The second-order valence-corrected chi connectivity index (χ2v) is 4.30. The molecule has 1 heterocycles. The van der Waals surface area contributed by atoms with Crippen molar-refractivity contribution < 1.29 is 19.4 Å². The average molecular weight is 264 g/mol. The van der Waals surface area contributed by atoms with Crippen molar-refractivity contribution in [3.05, 3.63) is 29.8 Å². The molecule has 1 aliphatic rings. The van der Waals surface area contributed by atoms with Gasteiger partial charge in [-0.15, -0.1) is 0 Å². The Morgan fingerprint density at radius 3 is 2.89 bits per heavy atom. The molecular weight excluding hydrogens is 248 g/mol. The number of hydrogen-bond acceptors (Lipinski definition) is 4. The van der Waals surface area contributed by atoms with Crippen molar-refractivity contribution in [3.8, 4) is 0 Å². The number of carboxylic acids is 1. The summed E-state index contributed by atoms with van der Waals surface area (Å²) in [5.74, 6) is -1.31. The molecule has 1 unspecified atom stereocenters. The van der Waals surface area contributed by atoms with Gasteiger partial charge in [-0.2, -0.15) is 0 Å². The molecule has 1 aliphatic heterocycles. The Morgan fingerprint density at radius 2 is 2.21 bits per heavy atom. The van der Waals surface area contributed by atoms with E-state index in [9.17, 15) is 9.59 Å². The molecule has 1 fully saturated rings. The van der Waals surface area contributed by atoms with E-state index in [1.165, 1.54) is 6.07 Å². The van der Waals surface area contributed by atoms with Crippen molar-refractivity contribution in [1.82, 2.24) is 5.32 Å². The molecule has 0 bridgehead atoms. The number of anilines is 1. The lowest BCUT2D eigenvalue weighted by atomic mass is 10.1. The van der Waals surface area contributed by atoms with Crippen LogP contribution in [0, 0.1) is 0 Å². The zero-order valence-electron chi connectivity index (χ0n) is 10.4. The van der Waals surface area contributed by atoms with Gasteiger partial charge in [-0.25, -0.2) is 4.79 Å². The number of para-hydroxylation sites is 1. The Bertz CT molecular complexity index is 469. The van der Waals surface area contributed by atoms with Crippen LogP contribution in [0.2, 0.25) is 0 Å². The van der Waals surface area contributed by atoms with Crippen LogP contribution in [0.5, 0.6) is 0 Å². The zero-order valence-corrected chi connectivity index (χ0v) is 10.4. The first kappa shape index (κ1) is 13.5. The van der Waals surface area contributed by atoms with Crippen LogP contribution in [0.25, 0.3) is 0 Å². The number of carbonyl (C=O) groups excluding carboxylic acids is 1. The van der Waals surface area contributed by atoms with E-state index in [4.69, 9.17) is 9.84 Å². The van der Waals surface area contributed by atoms with Gasteiger partial charge in [0.25, 0.3) is 0 Å². The highest BCUT2D eigenvalue weighted by molar-refractivity contribution is 6.00. The minimum atomic E-state index is -1.06. The number of aromatic carboxylic acids is 1. The summed E-state index contributed by atoms with van der Waals surface area (Å²) >= 11 is 0. The van der Waals surface area contributed by atoms with Crippen LogP contribution in [0.1, 0.15) is 16.8 Å². The van der Waals surface area contributed by atoms with Crippen molar-refractivity contribution in [2.45, 2.75) is 12.5 Å². The minimum absolute atomic E-state index is 0.0820. The Hall–Kier alpha value is -1.92. The molecule has 0 aromatic heterocycles. The summed E-state index contributed by atoms with van der Waals surface area (Å²) in [6, 6.07) is 6.33. The number of morpholine rings is 1. The molecule has 19 heavy (non-hydrogen) atoms. The third-order valence-corrected chi connectivity index (χ3v) is 2.85. The molecule has 2 rings (SSSR count). The largest absolute Gasteiger partial charge is 0.478 e. The molecule has 1 saturated heterocycles. The van der Waals surface area contributed by atoms with E-state index >= 15 is 0 Å². The van der Waals surface area contributed by atoms with E-state index in [1.807, 2.05) is 0 Å². The van der Waals surface area contributed by atoms with Gasteiger partial charge in [0.1, 0.15) is 0 Å². The van der Waals surface area contributed by atoms with E-state index in [0.29, 0.717) is 18.8 Å². The van der Waals surface area contributed by atoms with Crippen molar-refractivity contribution in [3.63, 3.8) is 0 Å². The van der Waals surface area contributed by atoms with E-state index in [0.717, 1.165) is 6.54 Å². The number of hydrogen-bond donors (Lipinski definition) is 3. The van der Waals surface area contributed by atoms with Gasteiger partial charge in [0.15, 0.2) is 0 Å². The van der Waals surface area contributed by atoms with Crippen molar-refractivity contribution in [2.24, 2.45) is 0 Å². The standard InChI is InChI=1S/C13H16N2O4/c16-12(7-9-8-14-5-6-19-9)15-11-4-2-1-3-10(11)13(17)18/h1-4,9,14H,5-8H2,(H,15,16)(H,17,18). The molecule has 1 aromatic rings. The van der Waals surface area contributed by atoms with Crippen LogP contribution in [0.15, 0.2) is 24.3 Å². The summed E-state index contributed by atoms with van der Waals surface area (Å²) in [4.78, 5) is 22.9. The van der Waals surface area contributed by atoms with Crippen LogP contribution in [0.4, 0.5) is 5.69 Å². The first-order chi connectivity index (χ1) is 9.16. The predicted octanol–water partition coefficient (Wildman–Crippen LogP) is 0.702. The second kappa shape index (κ2) is 6.31. The van der Waals surface area contributed by atoms with E-state index in [2.05, 4.69) is 10.6 Å². The topological polar surface area (TPSA) is 87.7 Å². The summed E-state index contributed by atoms with van der Waals surface area (Å²) in [5.41, 5.74) is 0.391. The number of amides is 1. The smallest absolute Gasteiger partial charge is 0.337 e. The van der Waals surface area contributed by atoms with Gasteiger partial charge in [0.2, 0.25) is 5.91 Å². The van der Waals surface area contributed by atoms with Gasteiger partial charge >= 0.3 is 5.97 Å². The number of ether oxygens (including phenoxy) is 1. The third kappa shape index (κ3) is 3.77. The van der Waals surface area contributed by atoms with Gasteiger partial charge in [0, 0.05) is 13.1 Å². The Labute approximate surface area is 110 Å². The van der Waals surface area contributed by atoms with E-state index in [-0.39, 0.29) is 24.0 Å². The molecule has 1 amide bonds. The maximum atomic E-state index is 11.8. The van der Waals surface area contributed by atoms with E-state index < -0.39 is 5.97 Å². The first-order valence-electron chi connectivity index (χ1n) is 6.11. The Kier molecular flexibility index (Phi) is 4.48. The molecule has 3 N–H and O–H groups in total. The SMILES string of the molecule is O=C(CC1CNCCO1)Nc1ccccc1C(=O)O. The lowest BCUT2D eigenvalue weighted by Gasteiger charge is -2.23. The minimum Gasteiger partial charge on any atom is -0.478 e. The molecule has 0 aliphatic carbocycles. The number of rotatable bonds is 4. The quantitative estimate of drug-likeness (QED) is 0.745. The van der Waals surface area contributed by atoms with Crippen LogP contribution in [-0.4, -0.2) is 42.8 Å². The van der Waals surface area contributed by atoms with Gasteiger partial charge < -0.3 is 20.5 Å². The number of carbonyl (C=O) groups is 2. The van der Waals surface area contributed by atoms with Gasteiger partial charge in [-0.3, -0.25) is 4.79 Å². The monoisotopic (exact) mass is 264 g/mol. The van der Waals surface area contributed by atoms with Crippen LogP contribution >= 0.6 is 0 Å². The fourth-order valence-corrected chi connectivity index (χ4v) is 1.94. The zero-order chi connectivity index (χ0) is 13.7. The van der Waals surface area contributed by atoms with Crippen molar-refractivity contribution in [1.29, 1.82) is 0 Å². The average Bonchev–Trinajstić information content (AvgIpc) is 2.40. The van der Waals surface area contributed by atoms with Crippen LogP contribution < -0.4 is 10.6 Å². The molecule has 1 aromatic carbocycles. The summed E-state index contributed by atoms with van der Waals surface area (Å²) in [5, 5.41) is 14.8. The van der Waals surface area contributed by atoms with Crippen molar-refractivity contribution in [2.75, 3.05) is 25.0 Å². The molecule has 102 valence electrons. The molecule has 6 nitrogen and oxygen atoms in total. The molecule has 0 saturated carbocycles. The molecule has 6 heteroatoms. The maximum absolute atomic E-state index is 11.8. The van der Waals surface area contributed by atoms with Crippen LogP contribution in [-0.2, 0) is 9.53 Å². The highest BCUT2D eigenvalue weighted by Crippen LogP contribution is 2.15. The highest BCUT2D eigenvalue weighted by atomic mass is 16.5. The Morgan fingerprint density at radius 1 is 1.42 bits per heavy atom. The van der Waals surface area contributed by atoms with Gasteiger partial charge in [-0.05, 0) is 12.1 Å². The number of carboxylic acid groups (broad SMARTS) is 1. The number of benzene rings is 1. The van der Waals surface area contributed by atoms with Crippen LogP contribution in [0.3, 0.4) is 0 Å². The molecular formula is C13H16N2O4. The summed E-state index contributed by atoms with van der Waals surface area (Å²) in [6.45, 7) is 2.01. The summed E-state index contributed by atoms with van der Waals surface area (Å²) < 4.78 is 5.42. The second-order valence-electron chi connectivity index (χ2n) is 4.30. The highest BCUT2D eigenvalue weighted by Gasteiger charge is 2.18. The van der Waals surface area contributed by atoms with Gasteiger partial charge in [-0.1, -0.05) is 12.1 Å². The lowest BCUT2D eigenvalue weighted by molar-refractivity contribution is -0.119. The first-order valence-corrected chi connectivity index (χ1v) is 6.11. The predicted molar refractivity (Wildman–Crippen MR) is 69.3 cm³/mol. The molecule has 0 radical (unpaired) electrons. The fourth-order valence-electron chi connectivity index (χ4n) is 1.94. The normalized spacial score (nSPS) is 18.8. The van der Waals surface area contributed by atoms with E-state index in [1.54, 1.807) is 18.2 Å². The third-order valence-electron chi connectivity index (χ3n) is 2.85. The molecule has 0 spiro atoms. The number of nitrogens with one attached hydrogen (secondary N) is 2. The summed E-state index contributed by atoms with van der Waals surface area (Å²) in [7, 11) is 0. The maximum Gasteiger partial charge on any atom is 0.337 e.